The van der Waals surface area contributed by atoms with Gasteiger partial charge in [-0.05, 0) is 188 Å². The zero-order valence-corrected chi connectivity index (χ0v) is 85.1. The molecule has 0 fully saturated rings. The summed E-state index contributed by atoms with van der Waals surface area (Å²) in [7, 11) is 0. The average molecular weight is 2160 g/mol. The Morgan fingerprint density at radius 3 is 0.780 bits per heavy atom. The van der Waals surface area contributed by atoms with Gasteiger partial charge >= 0.3 is 28.1 Å². The van der Waals surface area contributed by atoms with Crippen molar-refractivity contribution in [3.8, 4) is 55.6 Å². The summed E-state index contributed by atoms with van der Waals surface area (Å²) >= 11 is 25.9. The number of benzene rings is 15. The minimum Gasteiger partial charge on any atom is -0.452 e. The van der Waals surface area contributed by atoms with Crippen molar-refractivity contribution in [2.75, 3.05) is 0 Å². The van der Waals surface area contributed by atoms with E-state index in [1.807, 2.05) is 217 Å². The highest BCUT2D eigenvalue weighted by atomic mass is 79.9. The third-order valence-corrected chi connectivity index (χ3v) is 27.7. The van der Waals surface area contributed by atoms with Crippen LogP contribution in [0.25, 0.3) is 165 Å². The molecule has 0 unspecified atom stereocenters. The monoisotopic (exact) mass is 2160 g/mol. The third kappa shape index (κ3) is 18.9. The van der Waals surface area contributed by atoms with Gasteiger partial charge in [0.1, 0.15) is 55.8 Å². The van der Waals surface area contributed by atoms with Crippen LogP contribution in [-0.2, 0) is 0 Å². The number of hydrogen-bond acceptors (Lipinski definition) is 20. The third-order valence-electron chi connectivity index (χ3n) is 25.7. The first-order valence-electron chi connectivity index (χ1n) is 46.9. The fourth-order valence-corrected chi connectivity index (χ4v) is 20.2. The van der Waals surface area contributed by atoms with Gasteiger partial charge in [-0.15, -0.1) is 0 Å². The second-order valence-corrected chi connectivity index (χ2v) is 38.4. The number of carbonyl (C=O) groups excluding carboxylic acids is 5. The van der Waals surface area contributed by atoms with Crippen molar-refractivity contribution in [2.45, 2.75) is 34.6 Å². The minimum absolute atomic E-state index is 0.154. The normalized spacial score (nSPS) is 11.3. The summed E-state index contributed by atoms with van der Waals surface area (Å²) in [4.78, 5) is 127. The summed E-state index contributed by atoms with van der Waals surface area (Å²) in [6.45, 7) is 9.26. The topological polar surface area (TPSA) is 302 Å². The van der Waals surface area contributed by atoms with E-state index in [1.54, 1.807) is 152 Å². The largest absolute Gasteiger partial charge is 0.452 e. The van der Waals surface area contributed by atoms with Crippen LogP contribution in [0.4, 0.5) is 0 Å². The molecule has 0 N–H and O–H groups in total. The van der Waals surface area contributed by atoms with Gasteiger partial charge in [-0.1, -0.05) is 291 Å². The van der Waals surface area contributed by atoms with Gasteiger partial charge in [0.15, 0.2) is 28.8 Å². The summed E-state index contributed by atoms with van der Waals surface area (Å²) in [5.74, 6) is -0.308. The molecule has 0 aliphatic rings. The van der Waals surface area contributed by atoms with Crippen LogP contribution in [0, 0.1) is 34.6 Å². The standard InChI is InChI=1S/2C25H15BrO4.3C25H15ClO4/c1-14-13-20(27)30-24-16(14)11-12-19-22(24)21(17-9-5-6-10-18(17)26)25(29-19)23(28)15-7-3-2-4-8-15;1-14-12-20(27)30-24-18(14)10-11-19-22(24)21(16-8-5-9-17(26)13-16)25(29-19)23(28)15-6-3-2-4-7-15;1-14-13-20(27)30-24-16(14)11-12-19-22(24)21(17-9-5-6-10-18(17)26)25(29-19)23(28)15-7-3-2-4-8-15;1-14-12-20(27)30-24-18(14)10-11-19-22(24)21(16-8-5-9-17(26)13-16)25(29-19)23(28)15-6-3-2-4-7-15;1-14-13-20(27)30-24-18(14)11-12-19-22(24)21(15-7-9-17(26)10-8-15)25(29-19)23(28)16-5-3-2-4-6-16/h5*2-13H,1H3. The lowest BCUT2D eigenvalue weighted by Crippen LogP contribution is -2.01. The van der Waals surface area contributed by atoms with Crippen LogP contribution in [0.15, 0.2) is 441 Å². The Bertz CT molecular complexity index is 9670. The molecule has 25 rings (SSSR count). The number of ketones is 5. The quantitative estimate of drug-likeness (QED) is 0.0680. The van der Waals surface area contributed by atoms with E-state index < -0.39 is 28.1 Å². The van der Waals surface area contributed by atoms with Gasteiger partial charge in [0.25, 0.3) is 0 Å². The zero-order chi connectivity index (χ0) is 104. The second-order valence-electron chi connectivity index (χ2n) is 35.3. The number of carbonyl (C=O) groups is 5. The van der Waals surface area contributed by atoms with E-state index in [1.165, 1.54) is 30.3 Å². The van der Waals surface area contributed by atoms with Crippen LogP contribution in [0.5, 0.6) is 0 Å². The minimum atomic E-state index is -0.463. The summed E-state index contributed by atoms with van der Waals surface area (Å²) in [6, 6.07) is 107. The molecule has 0 aliphatic carbocycles. The average Bonchev–Trinajstić information content (AvgIpc) is 1.59. The van der Waals surface area contributed by atoms with Crippen molar-refractivity contribution in [1.29, 1.82) is 0 Å². The van der Waals surface area contributed by atoms with Crippen LogP contribution in [-0.4, -0.2) is 28.9 Å². The van der Waals surface area contributed by atoms with Gasteiger partial charge in [-0.2, -0.15) is 0 Å². The maximum atomic E-state index is 13.4. The Morgan fingerprint density at radius 2 is 0.480 bits per heavy atom. The van der Waals surface area contributed by atoms with Crippen molar-refractivity contribution in [3.63, 3.8) is 0 Å². The highest BCUT2D eigenvalue weighted by Gasteiger charge is 2.34. The molecule has 10 heterocycles. The van der Waals surface area contributed by atoms with Crippen LogP contribution < -0.4 is 28.1 Å². The van der Waals surface area contributed by atoms with E-state index in [-0.39, 0.29) is 57.7 Å². The number of rotatable bonds is 15. The zero-order valence-electron chi connectivity index (χ0n) is 79.7. The predicted molar refractivity (Wildman–Crippen MR) is 592 cm³/mol. The van der Waals surface area contributed by atoms with Crippen molar-refractivity contribution in [3.05, 3.63) is 525 Å². The summed E-state index contributed by atoms with van der Waals surface area (Å²) in [5, 5.41) is 8.47. The van der Waals surface area contributed by atoms with E-state index in [0.717, 1.165) is 80.4 Å². The molecule has 10 aromatic heterocycles. The molecule has 150 heavy (non-hydrogen) atoms. The second kappa shape index (κ2) is 41.3. The highest BCUT2D eigenvalue weighted by molar-refractivity contribution is 9.10. The van der Waals surface area contributed by atoms with E-state index in [9.17, 15) is 47.9 Å². The highest BCUT2D eigenvalue weighted by Crippen LogP contribution is 2.49. The first-order chi connectivity index (χ1) is 72.7. The molecule has 0 radical (unpaired) electrons. The lowest BCUT2D eigenvalue weighted by Gasteiger charge is -2.07. The van der Waals surface area contributed by atoms with Gasteiger partial charge in [-0.25, -0.2) is 24.0 Å². The number of furan rings is 5. The van der Waals surface area contributed by atoms with Gasteiger partial charge in [0, 0.05) is 148 Å². The Labute approximate surface area is 881 Å². The molecular formula is C125H75Br2Cl3O20. The first-order valence-corrected chi connectivity index (χ1v) is 49.7. The number of hydrogen-bond donors (Lipinski definition) is 0. The molecule has 25 aromatic rings. The summed E-state index contributed by atoms with van der Waals surface area (Å²) in [6.07, 6.45) is 0. The summed E-state index contributed by atoms with van der Waals surface area (Å²) < 4.78 is 59.9. The molecule has 0 aliphatic heterocycles. The first kappa shape index (κ1) is 98.3. The van der Waals surface area contributed by atoms with Crippen LogP contribution in [0.1, 0.15) is 108 Å². The van der Waals surface area contributed by atoms with Crippen LogP contribution in [0.2, 0.25) is 15.1 Å². The lowest BCUT2D eigenvalue weighted by molar-refractivity contribution is 0.100. The molecule has 15 aromatic carbocycles. The smallest absolute Gasteiger partial charge is 0.336 e. The Hall–Kier alpha value is -17.8. The molecule has 0 bridgehead atoms. The lowest BCUT2D eigenvalue weighted by atomic mass is 9.96. The van der Waals surface area contributed by atoms with Crippen LogP contribution in [0.3, 0.4) is 0 Å². The SMILES string of the molecule is Cc1cc(=O)oc2c1ccc1oc(C(=O)c3ccccc3)c(-c3ccc(Cl)cc3)c12.Cc1cc(=O)oc2c1ccc1oc(C(=O)c3ccccc3)c(-c3cccc(Br)c3)c12.Cc1cc(=O)oc2c1ccc1oc(C(=O)c3ccccc3)c(-c3cccc(Cl)c3)c12.Cc1cc(=O)oc2c1ccc1oc(C(=O)c3ccccc3)c(-c3ccccc3Br)c12.Cc1cc(=O)oc2c1ccc1oc(C(=O)c3ccccc3)c(-c3ccccc3Cl)c12. The van der Waals surface area contributed by atoms with Crippen molar-refractivity contribution >= 4 is 205 Å². The molecule has 20 nitrogen and oxygen atoms in total. The molecular weight excluding hydrogens is 2090 g/mol. The molecule has 0 atom stereocenters. The fourth-order valence-electron chi connectivity index (χ4n) is 18.8. The molecule has 0 saturated carbocycles. The molecule has 730 valence electrons. The predicted octanol–water partition coefficient (Wildman–Crippen LogP) is 32.2. The fraction of sp³-hybridized carbons (Fsp3) is 0.0400. The Morgan fingerprint density at radius 1 is 0.220 bits per heavy atom. The van der Waals surface area contributed by atoms with Gasteiger partial charge in [0.05, 0.1) is 26.9 Å². The number of aryl methyl sites for hydroxylation is 5. The summed E-state index contributed by atoms with van der Waals surface area (Å²) in [5.41, 5.74) is 15.2. The molecule has 0 spiro atoms. The number of fused-ring (bicyclic) bond motifs is 15. The van der Waals surface area contributed by atoms with Crippen molar-refractivity contribution < 1.29 is 68.1 Å². The van der Waals surface area contributed by atoms with E-state index in [4.69, 9.17) is 79.0 Å². The van der Waals surface area contributed by atoms with Gasteiger partial charge in [0.2, 0.25) is 28.9 Å². The molecule has 0 amide bonds. The molecule has 0 saturated heterocycles. The van der Waals surface area contributed by atoms with Crippen LogP contribution >= 0.6 is 66.7 Å². The van der Waals surface area contributed by atoms with E-state index >= 15 is 0 Å². The maximum absolute atomic E-state index is 13.4. The van der Waals surface area contributed by atoms with E-state index in [0.29, 0.717) is 165 Å². The van der Waals surface area contributed by atoms with Crippen molar-refractivity contribution in [1.82, 2.24) is 0 Å². The van der Waals surface area contributed by atoms with E-state index in [2.05, 4.69) is 31.9 Å². The molecule has 25 heteroatoms. The van der Waals surface area contributed by atoms with Gasteiger partial charge < -0.3 is 44.2 Å². The maximum Gasteiger partial charge on any atom is 0.336 e. The van der Waals surface area contributed by atoms with Crippen molar-refractivity contribution in [2.24, 2.45) is 0 Å². The Balaban J connectivity index is 0.000000109. The van der Waals surface area contributed by atoms with Gasteiger partial charge in [-0.3, -0.25) is 24.0 Å². The Kier molecular flexibility index (Phi) is 27.0. The number of halogens is 5.